The number of aromatic nitrogens is 4. The molecule has 1 radical (unpaired) electrons. The molecule has 73 heavy (non-hydrogen) atoms. The van der Waals surface area contributed by atoms with Crippen LogP contribution in [0.1, 0.15) is 50.7 Å². The molecule has 361 valence electrons. The van der Waals surface area contributed by atoms with Gasteiger partial charge in [-0.05, 0) is 97.6 Å². The van der Waals surface area contributed by atoms with Crippen molar-refractivity contribution in [3.05, 3.63) is 224 Å². The van der Waals surface area contributed by atoms with Crippen LogP contribution in [0.15, 0.2) is 205 Å². The molecule has 0 aliphatic heterocycles. The summed E-state index contributed by atoms with van der Waals surface area (Å²) in [5, 5.41) is 4.56. The van der Waals surface area contributed by atoms with Crippen LogP contribution in [0.5, 0.6) is 0 Å². The summed E-state index contributed by atoms with van der Waals surface area (Å²) in [6, 6.07) is 74.8. The third-order valence-electron chi connectivity index (χ3n) is 13.7. The predicted molar refractivity (Wildman–Crippen MR) is 304 cm³/mol. The van der Waals surface area contributed by atoms with Crippen molar-refractivity contribution in [3.8, 4) is 61.7 Å². The molecule has 0 spiro atoms. The molecule has 4 heterocycles. The smallest absolute Gasteiger partial charge is 0.168 e. The first-order valence-electron chi connectivity index (χ1n) is 25.0. The normalized spacial score (nSPS) is 11.6. The summed E-state index contributed by atoms with van der Waals surface area (Å²) in [5.74, 6) is 1.23. The molecule has 0 N–H and O–H groups in total. The van der Waals surface area contributed by atoms with Gasteiger partial charge >= 0.3 is 0 Å². The molecule has 0 amide bonds. The van der Waals surface area contributed by atoms with Crippen LogP contribution in [0.4, 0.5) is 0 Å². The van der Waals surface area contributed by atoms with Crippen molar-refractivity contribution < 1.29 is 24.5 Å². The van der Waals surface area contributed by atoms with Crippen molar-refractivity contribution in [2.24, 2.45) is 0 Å². The van der Waals surface area contributed by atoms with Crippen molar-refractivity contribution >= 4 is 57.3 Å². The van der Waals surface area contributed by atoms with Gasteiger partial charge in [-0.2, -0.15) is 0 Å². The van der Waals surface area contributed by atoms with Crippen LogP contribution in [0, 0.1) is 12.1 Å². The van der Waals surface area contributed by atoms with E-state index in [0.717, 1.165) is 77.8 Å². The van der Waals surface area contributed by atoms with Crippen LogP contribution in [-0.2, 0) is 20.1 Å². The molecule has 12 rings (SSSR count). The van der Waals surface area contributed by atoms with E-state index < -0.39 is 8.07 Å². The standard InChI is InChI=1S/C52H40N3O.C14H16NSi.Ir/c1-32(2)44-28-40(35-16-9-6-10-17-35)29-45(33(3)4)49(44)55-47-30-39-18-11-12-21-46(39)53-51(47)54-52(55)43-20-13-19-42-41-27-26-38(31-48(41)56-50(42)43)37-24-22-36(23-25-37)34-14-7-5-8-15-34;1-16(2,3)13-9-10-14(15-11-13)12-7-5-4-6-8-12;/h5-19,21-33H,1-4H3;4-7,9-11H,1-3H3;/q2*-1;. The summed E-state index contributed by atoms with van der Waals surface area (Å²) in [6.07, 6.45) is 2.02. The Labute approximate surface area is 443 Å². The van der Waals surface area contributed by atoms with Gasteiger partial charge in [0.25, 0.3) is 0 Å². The molecule has 0 saturated heterocycles. The maximum atomic E-state index is 6.88. The van der Waals surface area contributed by atoms with Gasteiger partial charge < -0.3 is 14.0 Å². The molecule has 0 aliphatic rings. The topological polar surface area (TPSA) is 56.7 Å². The molecule has 8 aromatic carbocycles. The number of hydrogen-bond acceptors (Lipinski definition) is 4. The minimum absolute atomic E-state index is 0. The Morgan fingerprint density at radius 2 is 1.15 bits per heavy atom. The number of fused-ring (bicyclic) bond motifs is 5. The SMILES string of the molecule is CC(C)c1cc(-c2ccccc2)cc(C(C)C)c1-n1c(-c2[c-]ccc3c2oc2cc(-c4ccc(-c5ccccc5)cc4)ccc23)nc2nc3ccccc3cc21.C[Si](C)(C)c1ccc(-c2[c-]cccc2)nc1.[Ir]. The Kier molecular flexibility index (Phi) is 13.8. The monoisotopic (exact) mass is 1140 g/mol. The van der Waals surface area contributed by atoms with Gasteiger partial charge in [0.1, 0.15) is 5.58 Å². The van der Waals surface area contributed by atoms with E-state index in [-0.39, 0.29) is 31.9 Å². The Morgan fingerprint density at radius 1 is 0.534 bits per heavy atom. The van der Waals surface area contributed by atoms with Crippen molar-refractivity contribution in [1.82, 2.24) is 19.5 Å². The first-order valence-corrected chi connectivity index (χ1v) is 28.5. The van der Waals surface area contributed by atoms with E-state index in [9.17, 15) is 0 Å². The molecule has 5 nitrogen and oxygen atoms in total. The van der Waals surface area contributed by atoms with Gasteiger partial charge in [0.15, 0.2) is 5.65 Å². The summed E-state index contributed by atoms with van der Waals surface area (Å²) >= 11 is 0. The number of imidazole rings is 1. The van der Waals surface area contributed by atoms with Gasteiger partial charge in [0.05, 0.1) is 30.5 Å². The fraction of sp³-hybridized carbons (Fsp3) is 0.136. The van der Waals surface area contributed by atoms with Gasteiger partial charge in [-0.1, -0.05) is 186 Å². The second-order valence-corrected chi connectivity index (χ2v) is 25.4. The molecular formula is C66H56IrN4OSi-2. The van der Waals surface area contributed by atoms with Gasteiger partial charge in [-0.25, -0.2) is 4.98 Å². The molecule has 0 bridgehead atoms. The summed E-state index contributed by atoms with van der Waals surface area (Å²) < 4.78 is 9.22. The Hall–Kier alpha value is -7.54. The maximum absolute atomic E-state index is 6.88. The minimum Gasteiger partial charge on any atom is -0.501 e. The molecule has 0 fully saturated rings. The molecule has 12 aromatic rings. The molecule has 0 unspecified atom stereocenters. The largest absolute Gasteiger partial charge is 0.501 e. The first-order chi connectivity index (χ1) is 35.0. The average molecular weight is 1140 g/mol. The Morgan fingerprint density at radius 3 is 1.78 bits per heavy atom. The maximum Gasteiger partial charge on any atom is 0.168 e. The van der Waals surface area contributed by atoms with E-state index in [1.165, 1.54) is 38.6 Å². The second kappa shape index (κ2) is 20.5. The van der Waals surface area contributed by atoms with Gasteiger partial charge in [-0.15, -0.1) is 54.1 Å². The number of rotatable bonds is 9. The summed E-state index contributed by atoms with van der Waals surface area (Å²) in [7, 11) is -1.23. The number of furan rings is 1. The molecule has 0 saturated carbocycles. The van der Waals surface area contributed by atoms with Crippen molar-refractivity contribution in [1.29, 1.82) is 0 Å². The molecule has 7 heteroatoms. The van der Waals surface area contributed by atoms with Gasteiger partial charge in [0, 0.05) is 42.8 Å². The van der Waals surface area contributed by atoms with Crippen molar-refractivity contribution in [2.75, 3.05) is 0 Å². The summed E-state index contributed by atoms with van der Waals surface area (Å²) in [6.45, 7) is 16.1. The van der Waals surface area contributed by atoms with Crippen molar-refractivity contribution in [3.63, 3.8) is 0 Å². The van der Waals surface area contributed by atoms with Crippen LogP contribution in [0.2, 0.25) is 19.6 Å². The van der Waals surface area contributed by atoms with Crippen molar-refractivity contribution in [2.45, 2.75) is 59.2 Å². The van der Waals surface area contributed by atoms with E-state index in [2.05, 4.69) is 221 Å². The first kappa shape index (κ1) is 49.1. The molecular weight excluding hydrogens is 1090 g/mol. The number of benzene rings is 8. The number of hydrogen-bond donors (Lipinski definition) is 0. The Balaban J connectivity index is 0.000000307. The van der Waals surface area contributed by atoms with E-state index in [1.54, 1.807) is 0 Å². The van der Waals surface area contributed by atoms with Crippen LogP contribution in [-0.4, -0.2) is 27.6 Å². The number of para-hydroxylation sites is 1. The second-order valence-electron chi connectivity index (χ2n) is 20.3. The van der Waals surface area contributed by atoms with Crippen LogP contribution in [0.25, 0.3) is 106 Å². The quantitative estimate of drug-likeness (QED) is 0.107. The fourth-order valence-corrected chi connectivity index (χ4v) is 10.8. The van der Waals surface area contributed by atoms with E-state index in [0.29, 0.717) is 5.65 Å². The zero-order chi connectivity index (χ0) is 49.5. The van der Waals surface area contributed by atoms with E-state index in [1.807, 2.05) is 48.7 Å². The van der Waals surface area contributed by atoms with E-state index >= 15 is 0 Å². The zero-order valence-corrected chi connectivity index (χ0v) is 45.6. The summed E-state index contributed by atoms with van der Waals surface area (Å²) in [5.41, 5.74) is 17.7. The third kappa shape index (κ3) is 9.77. The predicted octanol–water partition coefficient (Wildman–Crippen LogP) is 17.3. The number of pyridine rings is 2. The number of nitrogens with zero attached hydrogens (tertiary/aromatic N) is 4. The fourth-order valence-electron chi connectivity index (χ4n) is 9.74. The van der Waals surface area contributed by atoms with Gasteiger partial charge in [-0.3, -0.25) is 4.98 Å². The van der Waals surface area contributed by atoms with Crippen LogP contribution >= 0.6 is 0 Å². The average Bonchev–Trinajstić information content (AvgIpc) is 3.98. The van der Waals surface area contributed by atoms with Gasteiger partial charge in [0.2, 0.25) is 0 Å². The van der Waals surface area contributed by atoms with Crippen LogP contribution < -0.4 is 5.19 Å². The van der Waals surface area contributed by atoms with Crippen LogP contribution in [0.3, 0.4) is 0 Å². The third-order valence-corrected chi connectivity index (χ3v) is 15.7. The molecule has 0 aliphatic carbocycles. The Bertz CT molecular complexity index is 3850. The van der Waals surface area contributed by atoms with E-state index in [4.69, 9.17) is 14.4 Å². The zero-order valence-electron chi connectivity index (χ0n) is 42.2. The summed E-state index contributed by atoms with van der Waals surface area (Å²) in [4.78, 5) is 15.0. The minimum atomic E-state index is -1.23. The molecule has 0 atom stereocenters. The molecule has 4 aromatic heterocycles.